The van der Waals surface area contributed by atoms with E-state index >= 15 is 0 Å². The molecule has 0 spiro atoms. The molecule has 0 aromatic carbocycles. The van der Waals surface area contributed by atoms with Crippen LogP contribution in [0.3, 0.4) is 0 Å². The second-order valence-electron chi connectivity index (χ2n) is 0.969. The van der Waals surface area contributed by atoms with Crippen LogP contribution in [-0.2, 0) is 0 Å². The van der Waals surface area contributed by atoms with Crippen molar-refractivity contribution in [3.05, 3.63) is 0 Å². The molecule has 0 unspecified atom stereocenters. The largest absolute Gasteiger partial charge is 0.411 e. The van der Waals surface area contributed by atoms with Crippen molar-refractivity contribution in [1.29, 1.82) is 0 Å². The van der Waals surface area contributed by atoms with E-state index in [0.717, 1.165) is 10.1 Å². The third-order valence-electron chi connectivity index (χ3n) is 0.364. The Morgan fingerprint density at radius 2 is 2.50 bits per heavy atom. The van der Waals surface area contributed by atoms with Crippen LogP contribution in [0.5, 0.6) is 0 Å². The average molecular weight is 199 g/mol. The van der Waals surface area contributed by atoms with Gasteiger partial charge >= 0.3 is 0 Å². The van der Waals surface area contributed by atoms with E-state index in [1.54, 1.807) is 6.92 Å². The lowest BCUT2D eigenvalue weighted by molar-refractivity contribution is 0.318. The maximum absolute atomic E-state index is 7.92. The molecule has 0 aliphatic carbocycles. The summed E-state index contributed by atoms with van der Waals surface area (Å²) in [6, 6.07) is 0. The minimum Gasteiger partial charge on any atom is -0.411 e. The highest BCUT2D eigenvalue weighted by molar-refractivity contribution is 14.1. The highest BCUT2D eigenvalue weighted by Gasteiger charge is 1.79. The summed E-state index contributed by atoms with van der Waals surface area (Å²) in [5.41, 5.74) is 0.760. The second kappa shape index (κ2) is 3.39. The number of hydrogen-bond acceptors (Lipinski definition) is 2. The van der Waals surface area contributed by atoms with Crippen LogP contribution < -0.4 is 0 Å². The fraction of sp³-hybridized carbons (Fsp3) is 0.667. The zero-order valence-electron chi connectivity index (χ0n) is 3.48. The van der Waals surface area contributed by atoms with Gasteiger partial charge in [-0.3, -0.25) is 0 Å². The summed E-state index contributed by atoms with van der Waals surface area (Å²) < 4.78 is 0.800. The zero-order valence-corrected chi connectivity index (χ0v) is 5.64. The highest BCUT2D eigenvalue weighted by atomic mass is 127. The van der Waals surface area contributed by atoms with Gasteiger partial charge in [0.25, 0.3) is 0 Å². The van der Waals surface area contributed by atoms with E-state index in [4.69, 9.17) is 5.21 Å². The van der Waals surface area contributed by atoms with Crippen LogP contribution in [0.15, 0.2) is 5.16 Å². The van der Waals surface area contributed by atoms with Crippen LogP contribution in [0.4, 0.5) is 0 Å². The first-order valence-electron chi connectivity index (χ1n) is 1.54. The van der Waals surface area contributed by atoms with Crippen molar-refractivity contribution in [2.24, 2.45) is 5.16 Å². The topological polar surface area (TPSA) is 32.6 Å². The molecule has 0 heterocycles. The average Bonchev–Trinajstić information content (AvgIpc) is 1.65. The van der Waals surface area contributed by atoms with Gasteiger partial charge in [-0.1, -0.05) is 27.7 Å². The molecule has 0 amide bonds. The van der Waals surface area contributed by atoms with E-state index < -0.39 is 0 Å². The highest BCUT2D eigenvalue weighted by Crippen LogP contribution is 1.82. The molecule has 0 saturated carbocycles. The summed E-state index contributed by atoms with van der Waals surface area (Å²) in [5, 5.41) is 10.8. The lowest BCUT2D eigenvalue weighted by Crippen LogP contribution is -1.88. The Bertz CT molecular complexity index is 61.8. The number of hydrogen-bond donors (Lipinski definition) is 1. The summed E-state index contributed by atoms with van der Waals surface area (Å²) in [7, 11) is 0. The molecule has 0 aliphatic rings. The van der Waals surface area contributed by atoms with Gasteiger partial charge in [-0.25, -0.2) is 0 Å². The first-order valence-corrected chi connectivity index (χ1v) is 3.07. The minimum atomic E-state index is 0.760. The van der Waals surface area contributed by atoms with Gasteiger partial charge in [0.1, 0.15) is 0 Å². The molecule has 0 bridgehead atoms. The van der Waals surface area contributed by atoms with Gasteiger partial charge < -0.3 is 5.21 Å². The van der Waals surface area contributed by atoms with Crippen LogP contribution in [0, 0.1) is 0 Å². The summed E-state index contributed by atoms with van der Waals surface area (Å²) in [4.78, 5) is 0. The minimum absolute atomic E-state index is 0.760. The standard InChI is InChI=1S/C3H6INO/c1-3(2-4)5-6/h6H,2H2,1H3/b5-3+. The number of alkyl halides is 1. The normalized spacial score (nSPS) is 12.0. The first-order chi connectivity index (χ1) is 2.81. The molecular weight excluding hydrogens is 193 g/mol. The summed E-state index contributed by atoms with van der Waals surface area (Å²) >= 11 is 2.12. The molecule has 1 N–H and O–H groups in total. The monoisotopic (exact) mass is 199 g/mol. The van der Waals surface area contributed by atoms with Crippen molar-refractivity contribution in [3.8, 4) is 0 Å². The summed E-state index contributed by atoms with van der Waals surface area (Å²) in [6.45, 7) is 1.77. The van der Waals surface area contributed by atoms with E-state index in [2.05, 4.69) is 27.7 Å². The molecule has 36 valence electrons. The molecular formula is C3H6INO. The number of halogens is 1. The first kappa shape index (κ1) is 6.20. The second-order valence-corrected chi connectivity index (χ2v) is 1.73. The van der Waals surface area contributed by atoms with Crippen LogP contribution in [0.2, 0.25) is 0 Å². The van der Waals surface area contributed by atoms with Gasteiger partial charge in [0.15, 0.2) is 0 Å². The Balaban J connectivity index is 3.22. The van der Waals surface area contributed by atoms with E-state index in [0.29, 0.717) is 0 Å². The molecule has 0 radical (unpaired) electrons. The molecule has 0 rings (SSSR count). The maximum Gasteiger partial charge on any atom is 0.0637 e. The number of rotatable bonds is 1. The predicted octanol–water partition coefficient (Wildman–Crippen LogP) is 1.27. The van der Waals surface area contributed by atoms with Gasteiger partial charge in [0.05, 0.1) is 5.71 Å². The van der Waals surface area contributed by atoms with Crippen molar-refractivity contribution < 1.29 is 5.21 Å². The van der Waals surface area contributed by atoms with Crippen molar-refractivity contribution in [3.63, 3.8) is 0 Å². The Morgan fingerprint density at radius 3 is 2.50 bits per heavy atom. The van der Waals surface area contributed by atoms with Crippen molar-refractivity contribution >= 4 is 28.3 Å². The molecule has 0 saturated heterocycles. The Hall–Kier alpha value is 0.200. The fourth-order valence-corrected chi connectivity index (χ4v) is 0.179. The zero-order chi connectivity index (χ0) is 4.99. The molecule has 2 nitrogen and oxygen atoms in total. The quantitative estimate of drug-likeness (QED) is 0.223. The number of nitrogens with zero attached hydrogens (tertiary/aromatic N) is 1. The van der Waals surface area contributed by atoms with Crippen LogP contribution in [0.25, 0.3) is 0 Å². The van der Waals surface area contributed by atoms with Gasteiger partial charge in [-0.15, -0.1) is 0 Å². The Labute approximate surface area is 50.4 Å². The smallest absolute Gasteiger partial charge is 0.0637 e. The number of oxime groups is 1. The molecule has 6 heavy (non-hydrogen) atoms. The Kier molecular flexibility index (Phi) is 3.51. The van der Waals surface area contributed by atoms with E-state index in [9.17, 15) is 0 Å². The van der Waals surface area contributed by atoms with Crippen LogP contribution >= 0.6 is 22.6 Å². The maximum atomic E-state index is 7.92. The summed E-state index contributed by atoms with van der Waals surface area (Å²) in [6.07, 6.45) is 0. The summed E-state index contributed by atoms with van der Waals surface area (Å²) in [5.74, 6) is 0. The molecule has 0 aromatic heterocycles. The van der Waals surface area contributed by atoms with Crippen molar-refractivity contribution in [1.82, 2.24) is 0 Å². The fourth-order valence-electron chi connectivity index (χ4n) is 0.0267. The lowest BCUT2D eigenvalue weighted by atomic mass is 10.5. The third kappa shape index (κ3) is 2.44. The SMILES string of the molecule is C/C(CI)=N\O. The van der Waals surface area contributed by atoms with Gasteiger partial charge in [-0.05, 0) is 6.92 Å². The van der Waals surface area contributed by atoms with E-state index in [1.807, 2.05) is 0 Å². The molecule has 3 heteroatoms. The molecule has 0 fully saturated rings. The van der Waals surface area contributed by atoms with Crippen LogP contribution in [0.1, 0.15) is 6.92 Å². The molecule has 0 aliphatic heterocycles. The predicted molar refractivity (Wildman–Crippen MR) is 33.8 cm³/mol. The van der Waals surface area contributed by atoms with Gasteiger partial charge in [0, 0.05) is 4.43 Å². The van der Waals surface area contributed by atoms with Crippen LogP contribution in [-0.4, -0.2) is 15.3 Å². The van der Waals surface area contributed by atoms with Crippen molar-refractivity contribution in [2.45, 2.75) is 6.92 Å². The molecule has 0 aromatic rings. The lowest BCUT2D eigenvalue weighted by Gasteiger charge is -1.80. The Morgan fingerprint density at radius 1 is 2.00 bits per heavy atom. The van der Waals surface area contributed by atoms with Gasteiger partial charge in [-0.2, -0.15) is 0 Å². The van der Waals surface area contributed by atoms with Crippen molar-refractivity contribution in [2.75, 3.05) is 4.43 Å². The molecule has 0 atom stereocenters. The van der Waals surface area contributed by atoms with E-state index in [-0.39, 0.29) is 0 Å². The van der Waals surface area contributed by atoms with E-state index in [1.165, 1.54) is 0 Å². The third-order valence-corrected chi connectivity index (χ3v) is 1.47. The van der Waals surface area contributed by atoms with Gasteiger partial charge in [0.2, 0.25) is 0 Å².